The van der Waals surface area contributed by atoms with Crippen molar-refractivity contribution >= 4 is 126 Å². The number of nitrogens with zero attached hydrogens (tertiary/aromatic N) is 3. The monoisotopic (exact) mass is 679 g/mol. The Labute approximate surface area is 316 Å². The van der Waals surface area contributed by atoms with Crippen LogP contribution in [-0.4, -0.2) is 69.9 Å². The number of aromatic nitrogens is 3. The highest BCUT2D eigenvalue weighted by molar-refractivity contribution is 6.71. The number of hydrogen-bond donors (Lipinski definition) is 0. The summed E-state index contributed by atoms with van der Waals surface area (Å²) in [6.07, 6.45) is 0. The molecule has 8 aromatic rings. The van der Waals surface area contributed by atoms with Crippen molar-refractivity contribution in [3.8, 4) is 56.2 Å². The Bertz CT molecular complexity index is 2730. The Kier molecular flexibility index (Phi) is 8.75. The van der Waals surface area contributed by atoms with Crippen LogP contribution in [0.5, 0.6) is 0 Å². The van der Waals surface area contributed by atoms with Gasteiger partial charge in [-0.1, -0.05) is 125 Å². The highest BCUT2D eigenvalue weighted by Gasteiger charge is 2.20. The quantitative estimate of drug-likeness (QED) is 0.219. The Morgan fingerprint density at radius 3 is 1.40 bits per heavy atom. The molecule has 0 N–H and O–H groups in total. The molecule has 8 rings (SSSR count). The van der Waals surface area contributed by atoms with Gasteiger partial charge in [0.1, 0.15) is 54.9 Å². The molecule has 0 saturated carbocycles. The summed E-state index contributed by atoms with van der Waals surface area (Å²) in [5.41, 5.74) is 18.2. The van der Waals surface area contributed by atoms with Gasteiger partial charge < -0.3 is 0 Å². The molecule has 1 heterocycles. The summed E-state index contributed by atoms with van der Waals surface area (Å²) in [7, 11) is 15.8. The number of halogens is 1. The van der Waals surface area contributed by atoms with E-state index in [2.05, 4.69) is 174 Å². The average Bonchev–Trinajstić information content (AvgIpc) is 3.18. The minimum absolute atomic E-state index is 0.166. The molecule has 0 spiro atoms. The molecule has 0 bridgehead atoms. The van der Waals surface area contributed by atoms with Crippen LogP contribution in [0.15, 0.2) is 115 Å². The van der Waals surface area contributed by atoms with Crippen LogP contribution in [0.4, 0.5) is 0 Å². The lowest BCUT2D eigenvalue weighted by molar-refractivity contribution is 1.07. The van der Waals surface area contributed by atoms with Crippen LogP contribution in [-0.2, 0) is 0 Å². The van der Waals surface area contributed by atoms with E-state index in [1.165, 1.54) is 76.5 Å². The van der Waals surface area contributed by atoms with Crippen LogP contribution in [0, 0.1) is 0 Å². The summed E-state index contributed by atoms with van der Waals surface area (Å²) >= 11 is 6.67. The molecule has 0 aliphatic rings. The maximum atomic E-state index is 6.67. The summed E-state index contributed by atoms with van der Waals surface area (Å²) < 4.78 is 0. The van der Waals surface area contributed by atoms with E-state index in [0.717, 1.165) is 27.8 Å². The SMILES string of the molecule is Bc1c(B)c(B)c2c(-c3cccc(-c4nc(Cl)nc(-c5cccc(-c6ccc(-c7ccccc7)c7ccccc67)c5)n4)c3)c(B)c(B)c(B)c2c1B. The van der Waals surface area contributed by atoms with Crippen molar-refractivity contribution in [1.29, 1.82) is 0 Å². The number of fused-ring (bicyclic) bond motifs is 2. The maximum Gasteiger partial charge on any atom is 0.226 e. The zero-order chi connectivity index (χ0) is 36.3. The minimum Gasteiger partial charge on any atom is -0.208 e. The van der Waals surface area contributed by atoms with Crippen LogP contribution < -0.4 is 38.2 Å². The first-order chi connectivity index (χ1) is 25.1. The van der Waals surface area contributed by atoms with Gasteiger partial charge in [-0.3, -0.25) is 0 Å². The molecule has 3 nitrogen and oxygen atoms in total. The zero-order valence-electron chi connectivity index (χ0n) is 30.7. The molecule has 0 unspecified atom stereocenters. The topological polar surface area (TPSA) is 38.7 Å². The van der Waals surface area contributed by atoms with Crippen LogP contribution in [0.3, 0.4) is 0 Å². The third kappa shape index (κ3) is 5.70. The van der Waals surface area contributed by atoms with Crippen molar-refractivity contribution in [3.63, 3.8) is 0 Å². The molecule has 0 radical (unpaired) electrons. The molecular weight excluding hydrogens is 646 g/mol. The van der Waals surface area contributed by atoms with Crippen LogP contribution >= 0.6 is 11.6 Å². The first-order valence-electron chi connectivity index (χ1n) is 17.8. The lowest BCUT2D eigenvalue weighted by atomic mass is 9.59. The first kappa shape index (κ1) is 33.9. The fourth-order valence-electron chi connectivity index (χ4n) is 7.97. The predicted molar refractivity (Wildman–Crippen MR) is 244 cm³/mol. The lowest BCUT2D eigenvalue weighted by Gasteiger charge is -2.25. The molecule has 0 fully saturated rings. The molecule has 52 heavy (non-hydrogen) atoms. The first-order valence-corrected chi connectivity index (χ1v) is 18.2. The van der Waals surface area contributed by atoms with Crippen molar-refractivity contribution < 1.29 is 0 Å². The minimum atomic E-state index is 0.166. The van der Waals surface area contributed by atoms with Gasteiger partial charge in [0.25, 0.3) is 0 Å². The van der Waals surface area contributed by atoms with Gasteiger partial charge in [-0.15, -0.1) is 16.4 Å². The van der Waals surface area contributed by atoms with Gasteiger partial charge in [-0.2, -0.15) is 9.97 Å². The van der Waals surface area contributed by atoms with Gasteiger partial charge in [0.15, 0.2) is 11.6 Å². The molecule has 11 heteroatoms. The van der Waals surface area contributed by atoms with E-state index in [1.54, 1.807) is 0 Å². The highest BCUT2D eigenvalue weighted by atomic mass is 35.5. The van der Waals surface area contributed by atoms with Gasteiger partial charge in [0.05, 0.1) is 0 Å². The van der Waals surface area contributed by atoms with Crippen molar-refractivity contribution in [1.82, 2.24) is 15.0 Å². The molecule has 0 saturated heterocycles. The highest BCUT2D eigenvalue weighted by Crippen LogP contribution is 2.37. The standard InChI is InChI=1S/C41H33B7ClN3/c42-32-29(30-31(34(44)36(32)46)35(45)38(48)37(47)33(30)43)22-11-7-13-24(19-22)40-50-39(51-41(49)52-40)23-12-6-10-21(18-23)26-17-16-25(20-8-2-1-3-9-20)27-14-4-5-15-28(26)27/h1-19H,42-48H2. The van der Waals surface area contributed by atoms with E-state index in [-0.39, 0.29) is 5.28 Å². The number of rotatable bonds is 5. The third-order valence-electron chi connectivity index (χ3n) is 11.3. The van der Waals surface area contributed by atoms with Crippen LogP contribution in [0.1, 0.15) is 0 Å². The molecule has 7 aromatic carbocycles. The van der Waals surface area contributed by atoms with Gasteiger partial charge >= 0.3 is 0 Å². The van der Waals surface area contributed by atoms with E-state index in [9.17, 15) is 0 Å². The van der Waals surface area contributed by atoms with Gasteiger partial charge in [-0.05, 0) is 78.7 Å². The second-order valence-electron chi connectivity index (χ2n) is 14.0. The largest absolute Gasteiger partial charge is 0.226 e. The second-order valence-corrected chi connectivity index (χ2v) is 14.3. The summed E-state index contributed by atoms with van der Waals surface area (Å²) in [4.78, 5) is 14.3. The molecular formula is C41H33B7ClN3. The number of benzene rings is 7. The van der Waals surface area contributed by atoms with E-state index >= 15 is 0 Å². The molecule has 0 aliphatic carbocycles. The zero-order valence-corrected chi connectivity index (χ0v) is 31.4. The van der Waals surface area contributed by atoms with Crippen LogP contribution in [0.2, 0.25) is 5.28 Å². The summed E-state index contributed by atoms with van der Waals surface area (Å²) in [6, 6.07) is 40.5. The fraction of sp³-hybridized carbons (Fsp3) is 0. The summed E-state index contributed by atoms with van der Waals surface area (Å²) in [5, 5.41) is 5.26. The predicted octanol–water partition coefficient (Wildman–Crippen LogP) is -1.02. The normalized spacial score (nSPS) is 11.3. The van der Waals surface area contributed by atoms with Gasteiger partial charge in [-0.25, -0.2) is 4.98 Å². The molecule has 0 amide bonds. The molecule has 240 valence electrons. The third-order valence-corrected chi connectivity index (χ3v) is 11.4. The van der Waals surface area contributed by atoms with E-state index in [0.29, 0.717) is 11.6 Å². The van der Waals surface area contributed by atoms with Crippen molar-refractivity contribution in [2.45, 2.75) is 0 Å². The Hall–Kier alpha value is -5.19. The van der Waals surface area contributed by atoms with E-state index in [4.69, 9.17) is 16.6 Å². The smallest absolute Gasteiger partial charge is 0.208 e. The average molecular weight is 679 g/mol. The molecule has 1 aromatic heterocycles. The molecule has 0 atom stereocenters. The summed E-state index contributed by atoms with van der Waals surface area (Å²) in [5.74, 6) is 1.09. The summed E-state index contributed by atoms with van der Waals surface area (Å²) in [6.45, 7) is 0. The Balaban J connectivity index is 1.23. The van der Waals surface area contributed by atoms with Crippen molar-refractivity contribution in [2.75, 3.05) is 0 Å². The van der Waals surface area contributed by atoms with Crippen molar-refractivity contribution in [2.24, 2.45) is 0 Å². The second kappa shape index (κ2) is 13.4. The number of hydrogen-bond acceptors (Lipinski definition) is 3. The Morgan fingerprint density at radius 2 is 0.808 bits per heavy atom. The van der Waals surface area contributed by atoms with Gasteiger partial charge in [0, 0.05) is 11.1 Å². The Morgan fingerprint density at radius 1 is 0.365 bits per heavy atom. The fourth-order valence-corrected chi connectivity index (χ4v) is 8.13. The lowest BCUT2D eigenvalue weighted by Crippen LogP contribution is -2.52. The van der Waals surface area contributed by atoms with E-state index in [1.807, 2.05) is 6.07 Å². The maximum absolute atomic E-state index is 6.67. The molecule has 0 aliphatic heterocycles. The van der Waals surface area contributed by atoms with Crippen LogP contribution in [0.25, 0.3) is 77.7 Å². The van der Waals surface area contributed by atoms with Gasteiger partial charge in [0.2, 0.25) is 5.28 Å². The van der Waals surface area contributed by atoms with E-state index < -0.39 is 0 Å². The van der Waals surface area contributed by atoms with Crippen molar-refractivity contribution in [3.05, 3.63) is 121 Å².